The van der Waals surface area contributed by atoms with Crippen molar-refractivity contribution in [2.75, 3.05) is 11.9 Å². The Balaban J connectivity index is 2.02. The number of aromatic nitrogens is 2. The van der Waals surface area contributed by atoms with Crippen molar-refractivity contribution in [3.8, 4) is 0 Å². The molecule has 0 fully saturated rings. The highest BCUT2D eigenvalue weighted by Crippen LogP contribution is 2.22. The summed E-state index contributed by atoms with van der Waals surface area (Å²) < 4.78 is 0. The van der Waals surface area contributed by atoms with Gasteiger partial charge in [0.05, 0.1) is 28.8 Å². The van der Waals surface area contributed by atoms with Crippen molar-refractivity contribution in [2.45, 2.75) is 6.54 Å². The Bertz CT molecular complexity index is 740. The van der Waals surface area contributed by atoms with Crippen LogP contribution in [0.4, 0.5) is 5.82 Å². The van der Waals surface area contributed by atoms with Crippen molar-refractivity contribution in [3.63, 3.8) is 0 Å². The zero-order chi connectivity index (χ0) is 13.9. The summed E-state index contributed by atoms with van der Waals surface area (Å²) in [6, 6.07) is 9.67. The number of fused-ring (bicyclic) bond motifs is 1. The van der Waals surface area contributed by atoms with E-state index in [2.05, 4.69) is 9.97 Å². The Hall–Kier alpha value is -2.27. The Morgan fingerprint density at radius 3 is 2.95 bits per heavy atom. The lowest BCUT2D eigenvalue weighted by Crippen LogP contribution is -2.19. The summed E-state index contributed by atoms with van der Waals surface area (Å²) in [5, 5.41) is 2.97. The number of anilines is 1. The second-order valence-electron chi connectivity index (χ2n) is 4.55. The maximum Gasteiger partial charge on any atom is 0.153 e. The third kappa shape index (κ3) is 2.40. The highest BCUT2D eigenvalue weighted by atomic mass is 32.1. The first-order valence-electron chi connectivity index (χ1n) is 6.21. The van der Waals surface area contributed by atoms with Gasteiger partial charge in [-0.1, -0.05) is 18.2 Å². The van der Waals surface area contributed by atoms with Gasteiger partial charge in [0.25, 0.3) is 0 Å². The van der Waals surface area contributed by atoms with Crippen LogP contribution in [0, 0.1) is 0 Å². The topological polar surface area (TPSA) is 46.1 Å². The van der Waals surface area contributed by atoms with Gasteiger partial charge in [-0.3, -0.25) is 4.79 Å². The predicted octanol–water partition coefficient (Wildman–Crippen LogP) is 3.14. The van der Waals surface area contributed by atoms with Crippen molar-refractivity contribution in [1.29, 1.82) is 0 Å². The van der Waals surface area contributed by atoms with Gasteiger partial charge >= 0.3 is 0 Å². The summed E-state index contributed by atoms with van der Waals surface area (Å²) in [4.78, 5) is 22.1. The second kappa shape index (κ2) is 5.38. The van der Waals surface area contributed by atoms with Crippen molar-refractivity contribution in [2.24, 2.45) is 0 Å². The van der Waals surface area contributed by atoms with Gasteiger partial charge in [-0.25, -0.2) is 9.97 Å². The lowest BCUT2D eigenvalue weighted by Gasteiger charge is -2.19. The summed E-state index contributed by atoms with van der Waals surface area (Å²) in [6.45, 7) is 0.635. The van der Waals surface area contributed by atoms with E-state index < -0.39 is 0 Å². The van der Waals surface area contributed by atoms with E-state index in [0.29, 0.717) is 17.9 Å². The molecule has 0 saturated carbocycles. The number of para-hydroxylation sites is 1. The van der Waals surface area contributed by atoms with Gasteiger partial charge in [0.15, 0.2) is 6.29 Å². The maximum atomic E-state index is 11.3. The van der Waals surface area contributed by atoms with Crippen LogP contribution in [0.3, 0.4) is 0 Å². The first-order valence-corrected chi connectivity index (χ1v) is 7.15. The maximum absolute atomic E-state index is 11.3. The molecule has 0 unspecified atom stereocenters. The molecule has 2 aromatic heterocycles. The molecule has 20 heavy (non-hydrogen) atoms. The minimum absolute atomic E-state index is 0.599. The average Bonchev–Trinajstić information content (AvgIpc) is 2.98. The molecule has 0 spiro atoms. The first-order chi connectivity index (χ1) is 9.78. The molecule has 1 aromatic carbocycles. The van der Waals surface area contributed by atoms with Crippen LogP contribution in [0.25, 0.3) is 10.9 Å². The Kier molecular flexibility index (Phi) is 3.43. The lowest BCUT2D eigenvalue weighted by molar-refractivity contribution is 0.112. The fourth-order valence-corrected chi connectivity index (χ4v) is 2.70. The first kappa shape index (κ1) is 12.7. The highest BCUT2D eigenvalue weighted by Gasteiger charge is 2.12. The molecule has 3 aromatic rings. The minimum Gasteiger partial charge on any atom is -0.353 e. The summed E-state index contributed by atoms with van der Waals surface area (Å²) in [6.07, 6.45) is 0.853. The minimum atomic E-state index is 0.599. The molecule has 2 heterocycles. The third-order valence-electron chi connectivity index (χ3n) is 3.10. The van der Waals surface area contributed by atoms with E-state index in [1.54, 1.807) is 16.8 Å². The van der Waals surface area contributed by atoms with Crippen LogP contribution in [0.15, 0.2) is 41.2 Å². The number of rotatable bonds is 4. The molecule has 0 amide bonds. The number of nitrogens with zero attached hydrogens (tertiary/aromatic N) is 3. The summed E-state index contributed by atoms with van der Waals surface area (Å²) in [7, 11) is 1.92. The van der Waals surface area contributed by atoms with Crippen LogP contribution in [-0.2, 0) is 6.54 Å². The number of thiazole rings is 1. The number of benzene rings is 1. The molecular weight excluding hydrogens is 270 g/mol. The number of carbonyl (C=O) groups is 1. The molecule has 3 rings (SSSR count). The van der Waals surface area contributed by atoms with Gasteiger partial charge in [-0.2, -0.15) is 0 Å². The molecule has 0 bridgehead atoms. The predicted molar refractivity (Wildman–Crippen MR) is 81.4 cm³/mol. The standard InChI is InChI=1S/C15H13N3OS/c1-18(7-13-9-20-10-16-13)15-12(8-19)6-11-4-2-3-5-14(11)17-15/h2-6,8-10H,7H2,1H3. The number of hydrogen-bond acceptors (Lipinski definition) is 5. The van der Waals surface area contributed by atoms with E-state index in [1.807, 2.05) is 47.7 Å². The van der Waals surface area contributed by atoms with Gasteiger partial charge in [0.2, 0.25) is 0 Å². The summed E-state index contributed by atoms with van der Waals surface area (Å²) >= 11 is 1.56. The third-order valence-corrected chi connectivity index (χ3v) is 3.74. The lowest BCUT2D eigenvalue weighted by atomic mass is 10.1. The summed E-state index contributed by atoms with van der Waals surface area (Å²) in [5.74, 6) is 0.687. The van der Waals surface area contributed by atoms with E-state index >= 15 is 0 Å². The smallest absolute Gasteiger partial charge is 0.153 e. The number of aldehydes is 1. The molecule has 0 aliphatic rings. The van der Waals surface area contributed by atoms with Gasteiger partial charge < -0.3 is 4.90 Å². The van der Waals surface area contributed by atoms with Crippen LogP contribution in [-0.4, -0.2) is 23.3 Å². The number of carbonyl (C=O) groups excluding carboxylic acids is 1. The normalized spacial score (nSPS) is 10.7. The molecule has 0 saturated heterocycles. The van der Waals surface area contributed by atoms with E-state index in [1.165, 1.54) is 0 Å². The monoisotopic (exact) mass is 283 g/mol. The average molecular weight is 283 g/mol. The van der Waals surface area contributed by atoms with Gasteiger partial charge in [0, 0.05) is 17.8 Å². The fourth-order valence-electron chi connectivity index (χ4n) is 2.15. The molecule has 0 atom stereocenters. The second-order valence-corrected chi connectivity index (χ2v) is 5.27. The molecule has 0 N–H and O–H groups in total. The number of pyridine rings is 1. The quantitative estimate of drug-likeness (QED) is 0.690. The Morgan fingerprint density at radius 2 is 2.20 bits per heavy atom. The van der Waals surface area contributed by atoms with Crippen LogP contribution in [0.5, 0.6) is 0 Å². The zero-order valence-electron chi connectivity index (χ0n) is 11.0. The SMILES string of the molecule is CN(Cc1cscn1)c1nc2ccccc2cc1C=O. The van der Waals surface area contributed by atoms with E-state index in [4.69, 9.17) is 0 Å². The molecule has 0 aliphatic carbocycles. The van der Waals surface area contributed by atoms with Gasteiger partial charge in [0.1, 0.15) is 5.82 Å². The molecule has 0 aliphatic heterocycles. The number of hydrogen-bond donors (Lipinski definition) is 0. The molecular formula is C15H13N3OS. The largest absolute Gasteiger partial charge is 0.353 e. The van der Waals surface area contributed by atoms with Gasteiger partial charge in [-0.15, -0.1) is 11.3 Å². The van der Waals surface area contributed by atoms with Crippen molar-refractivity contribution < 1.29 is 4.79 Å². The van der Waals surface area contributed by atoms with Crippen LogP contribution < -0.4 is 4.90 Å². The molecule has 4 nitrogen and oxygen atoms in total. The molecule has 5 heteroatoms. The van der Waals surface area contributed by atoms with Gasteiger partial charge in [-0.05, 0) is 12.1 Å². The van der Waals surface area contributed by atoms with Crippen molar-refractivity contribution in [3.05, 3.63) is 52.5 Å². The van der Waals surface area contributed by atoms with Crippen molar-refractivity contribution in [1.82, 2.24) is 9.97 Å². The van der Waals surface area contributed by atoms with Crippen LogP contribution in [0.1, 0.15) is 16.1 Å². The fraction of sp³-hybridized carbons (Fsp3) is 0.133. The van der Waals surface area contributed by atoms with Crippen LogP contribution in [0.2, 0.25) is 0 Å². The molecule has 0 radical (unpaired) electrons. The van der Waals surface area contributed by atoms with E-state index in [-0.39, 0.29) is 0 Å². The van der Waals surface area contributed by atoms with E-state index in [9.17, 15) is 4.79 Å². The Labute approximate surface area is 120 Å². The Morgan fingerprint density at radius 1 is 1.35 bits per heavy atom. The molecule has 100 valence electrons. The van der Waals surface area contributed by atoms with Crippen LogP contribution >= 0.6 is 11.3 Å². The highest BCUT2D eigenvalue weighted by molar-refractivity contribution is 7.07. The summed E-state index contributed by atoms with van der Waals surface area (Å²) in [5.41, 5.74) is 4.27. The van der Waals surface area contributed by atoms with E-state index in [0.717, 1.165) is 22.9 Å². The zero-order valence-corrected chi connectivity index (χ0v) is 11.8. The van der Waals surface area contributed by atoms with Crippen molar-refractivity contribution >= 4 is 34.3 Å².